The third-order valence-electron chi connectivity index (χ3n) is 5.61. The number of benzene rings is 1. The van der Waals surface area contributed by atoms with Crippen molar-refractivity contribution >= 4 is 40.8 Å². The maximum absolute atomic E-state index is 13.0. The second kappa shape index (κ2) is 7.83. The third kappa shape index (κ3) is 3.12. The second-order valence-electron chi connectivity index (χ2n) is 7.57. The number of phenolic OH excluding ortho intramolecular Hbond substituents is 1. The largest absolute Gasteiger partial charge is 0.507 e. The molecule has 0 saturated carbocycles. The maximum Gasteiger partial charge on any atom is 0.342 e. The highest BCUT2D eigenvalue weighted by Gasteiger charge is 2.56. The molecule has 184 valence electrons. The molecule has 1 aromatic rings. The van der Waals surface area contributed by atoms with E-state index < -0.39 is 91.7 Å². The Hall–Kier alpha value is -5.40. The molecule has 0 amide bonds. The zero-order valence-corrected chi connectivity index (χ0v) is 18.0. The first-order chi connectivity index (χ1) is 16.8. The number of rotatable bonds is 5. The average Bonchev–Trinajstić information content (AvgIpc) is 3.10. The van der Waals surface area contributed by atoms with Gasteiger partial charge in [-0.2, -0.15) is 0 Å². The molecule has 0 bridgehead atoms. The monoisotopic (exact) mass is 497 g/mol. The van der Waals surface area contributed by atoms with Crippen LogP contribution in [0.15, 0.2) is 58.4 Å². The first-order valence-electron chi connectivity index (χ1n) is 9.77. The van der Waals surface area contributed by atoms with Crippen molar-refractivity contribution in [3.8, 4) is 5.75 Å². The number of carboxylic acids is 2. The Labute approximate surface area is 199 Å². The number of aliphatic carboxylic acids is 2. The Morgan fingerprint density at radius 3 is 2.25 bits per heavy atom. The molecule has 1 aromatic carbocycles. The fourth-order valence-electron chi connectivity index (χ4n) is 4.02. The molecule has 0 radical (unpaired) electrons. The summed E-state index contributed by atoms with van der Waals surface area (Å²) >= 11 is 0. The predicted molar refractivity (Wildman–Crippen MR) is 117 cm³/mol. The molecule has 1 spiro atoms. The lowest BCUT2D eigenvalue weighted by molar-refractivity contribution is -0.133. The molecule has 0 unspecified atom stereocenters. The number of methoxy groups -OCH3 is 1. The van der Waals surface area contributed by atoms with Gasteiger partial charge in [-0.3, -0.25) is 15.6 Å². The van der Waals surface area contributed by atoms with Crippen molar-refractivity contribution in [2.75, 3.05) is 12.4 Å². The van der Waals surface area contributed by atoms with E-state index in [9.17, 15) is 44.7 Å². The molecule has 1 heterocycles. The van der Waals surface area contributed by atoms with Crippen LogP contribution in [0, 0.1) is 10.8 Å². The topological polar surface area (TPSA) is 248 Å². The molecule has 0 saturated heterocycles. The molecule has 8 N–H and O–H groups in total. The lowest BCUT2D eigenvalue weighted by Gasteiger charge is -2.31. The normalized spacial score (nSPS) is 21.2. The highest BCUT2D eigenvalue weighted by atomic mass is 16.6. The highest BCUT2D eigenvalue weighted by molar-refractivity contribution is 6.54. The maximum atomic E-state index is 13.0. The Morgan fingerprint density at radius 1 is 1.03 bits per heavy atom. The summed E-state index contributed by atoms with van der Waals surface area (Å²) < 4.78 is 10.3. The van der Waals surface area contributed by atoms with Gasteiger partial charge in [0.15, 0.2) is 11.5 Å². The number of nitrogens with one attached hydrogen (secondary N) is 3. The highest BCUT2D eigenvalue weighted by Crippen LogP contribution is 2.52. The predicted octanol–water partition coefficient (Wildman–Crippen LogP) is 1.01. The van der Waals surface area contributed by atoms with Crippen LogP contribution in [0.25, 0.3) is 0 Å². The molecule has 0 fully saturated rings. The van der Waals surface area contributed by atoms with Gasteiger partial charge in [-0.05, 0) is 12.1 Å². The number of hydrogen-bond acceptors (Lipinski definition) is 12. The molecular formula is C22H15N3O11. The van der Waals surface area contributed by atoms with E-state index in [-0.39, 0.29) is 5.69 Å². The number of ether oxygens (including phenoxy) is 2. The number of allylic oxidation sites excluding steroid dienone is 2. The van der Waals surface area contributed by atoms with E-state index in [0.717, 1.165) is 25.3 Å². The van der Waals surface area contributed by atoms with Gasteiger partial charge in [0.05, 0.1) is 29.6 Å². The standard InChI is InChI=1S/C22H15N3O11/c1-35-10-5-22(18(29)13(16(10)24)20(32)33)14-8(26)3-2-6(11(14)21(34)36-22)25-7-4-9(27)15(23)12(17(7)28)19(30)31/h2-5,23-26,28-29H,1H3,(H,30,31)(H,32,33)/t22-/m0/s1. The van der Waals surface area contributed by atoms with Crippen LogP contribution in [0.1, 0.15) is 15.9 Å². The van der Waals surface area contributed by atoms with E-state index in [1.54, 1.807) is 0 Å². The number of anilines is 1. The van der Waals surface area contributed by atoms with E-state index in [1.165, 1.54) is 0 Å². The summed E-state index contributed by atoms with van der Waals surface area (Å²) in [5.74, 6) is -8.89. The number of esters is 1. The zero-order chi connectivity index (χ0) is 26.7. The fourth-order valence-corrected chi connectivity index (χ4v) is 4.02. The summed E-state index contributed by atoms with van der Waals surface area (Å²) in [6.45, 7) is 0. The zero-order valence-electron chi connectivity index (χ0n) is 18.0. The molecule has 1 aliphatic heterocycles. The molecule has 0 aromatic heterocycles. The van der Waals surface area contributed by atoms with Crippen LogP contribution in [0.3, 0.4) is 0 Å². The van der Waals surface area contributed by atoms with Crippen molar-refractivity contribution in [1.29, 1.82) is 10.8 Å². The minimum Gasteiger partial charge on any atom is -0.507 e. The molecule has 36 heavy (non-hydrogen) atoms. The van der Waals surface area contributed by atoms with Crippen molar-refractivity contribution in [3.05, 3.63) is 69.5 Å². The van der Waals surface area contributed by atoms with Crippen LogP contribution in [0.4, 0.5) is 5.69 Å². The number of hydrogen-bond donors (Lipinski definition) is 8. The van der Waals surface area contributed by atoms with Crippen LogP contribution in [-0.4, -0.2) is 67.8 Å². The number of aliphatic hydroxyl groups excluding tert-OH is 2. The first-order valence-corrected chi connectivity index (χ1v) is 9.77. The van der Waals surface area contributed by atoms with Crippen molar-refractivity contribution in [3.63, 3.8) is 0 Å². The van der Waals surface area contributed by atoms with Crippen LogP contribution >= 0.6 is 0 Å². The number of carbonyl (C=O) groups excluding carboxylic acids is 2. The minimum atomic E-state index is -2.42. The lowest BCUT2D eigenvalue weighted by atomic mass is 9.81. The summed E-state index contributed by atoms with van der Waals surface area (Å²) in [4.78, 5) is 48.2. The summed E-state index contributed by atoms with van der Waals surface area (Å²) in [7, 11) is 1.10. The summed E-state index contributed by atoms with van der Waals surface area (Å²) in [5, 5.41) is 68.6. The van der Waals surface area contributed by atoms with E-state index >= 15 is 0 Å². The van der Waals surface area contributed by atoms with E-state index in [2.05, 4.69) is 5.32 Å². The number of aliphatic hydroxyl groups is 2. The summed E-state index contributed by atoms with van der Waals surface area (Å²) in [6, 6.07) is 2.13. The fraction of sp³-hybridized carbons (Fsp3) is 0.0909. The van der Waals surface area contributed by atoms with Gasteiger partial charge in [0.25, 0.3) is 0 Å². The van der Waals surface area contributed by atoms with Crippen molar-refractivity contribution in [2.45, 2.75) is 5.60 Å². The smallest absolute Gasteiger partial charge is 0.342 e. The van der Waals surface area contributed by atoms with Crippen LogP contribution in [0.2, 0.25) is 0 Å². The van der Waals surface area contributed by atoms with Crippen molar-refractivity contribution in [2.24, 2.45) is 0 Å². The van der Waals surface area contributed by atoms with Gasteiger partial charge in [0, 0.05) is 12.2 Å². The van der Waals surface area contributed by atoms with Crippen LogP contribution in [0.5, 0.6) is 5.75 Å². The molecule has 14 nitrogen and oxygen atoms in total. The van der Waals surface area contributed by atoms with Gasteiger partial charge in [0.1, 0.15) is 34.1 Å². The van der Waals surface area contributed by atoms with Gasteiger partial charge >= 0.3 is 17.9 Å². The average molecular weight is 497 g/mol. The third-order valence-corrected chi connectivity index (χ3v) is 5.61. The molecule has 2 aliphatic carbocycles. The number of carbonyl (C=O) groups is 4. The number of aromatic hydroxyl groups is 1. The molecule has 3 aliphatic rings. The van der Waals surface area contributed by atoms with Gasteiger partial charge in [-0.15, -0.1) is 0 Å². The van der Waals surface area contributed by atoms with Gasteiger partial charge in [0.2, 0.25) is 11.4 Å². The molecule has 14 heteroatoms. The quantitative estimate of drug-likeness (QED) is 0.161. The van der Waals surface area contributed by atoms with Gasteiger partial charge in [-0.1, -0.05) is 0 Å². The Balaban J connectivity index is 1.94. The van der Waals surface area contributed by atoms with Gasteiger partial charge in [-0.25, -0.2) is 14.4 Å². The van der Waals surface area contributed by atoms with E-state index in [0.29, 0.717) is 6.08 Å². The molecular weight excluding hydrogens is 482 g/mol. The Morgan fingerprint density at radius 2 is 1.67 bits per heavy atom. The summed E-state index contributed by atoms with van der Waals surface area (Å²) in [6.07, 6.45) is 1.64. The summed E-state index contributed by atoms with van der Waals surface area (Å²) in [5.41, 5.74) is -7.73. The number of ketones is 1. The Bertz CT molecular complexity index is 1480. The second-order valence-corrected chi connectivity index (χ2v) is 7.57. The van der Waals surface area contributed by atoms with E-state index in [4.69, 9.17) is 20.3 Å². The first kappa shape index (κ1) is 23.7. The Kier molecular flexibility index (Phi) is 5.17. The van der Waals surface area contributed by atoms with E-state index in [1.807, 2.05) is 0 Å². The molecule has 1 atom stereocenters. The molecule has 4 rings (SSSR count). The lowest BCUT2D eigenvalue weighted by Crippen LogP contribution is -2.36. The van der Waals surface area contributed by atoms with Crippen molar-refractivity contribution in [1.82, 2.24) is 0 Å². The van der Waals surface area contributed by atoms with Crippen LogP contribution < -0.4 is 5.32 Å². The van der Waals surface area contributed by atoms with Crippen molar-refractivity contribution < 1.29 is 54.2 Å². The van der Waals surface area contributed by atoms with Gasteiger partial charge < -0.3 is 40.3 Å². The minimum absolute atomic E-state index is 0.244. The van der Waals surface area contributed by atoms with Crippen LogP contribution in [-0.2, 0) is 29.5 Å². The number of phenols is 1. The number of fused-ring (bicyclic) bond motifs is 2. The SMILES string of the molecule is COC1=C[C@@]2(OC(=O)c3c(NC4=CC(=O)C(=N)C(C(=O)O)=C4O)ccc(O)c32)C(O)=C(C(=O)O)C1=N. The number of carboxylic acid groups (broad SMARTS) is 2.